The Morgan fingerprint density at radius 3 is 1.59 bits per heavy atom. The molecule has 0 spiro atoms. The summed E-state index contributed by atoms with van der Waals surface area (Å²) in [4.78, 5) is 0. The van der Waals surface area contributed by atoms with Crippen molar-refractivity contribution >= 4 is 0 Å². The van der Waals surface area contributed by atoms with Crippen molar-refractivity contribution < 1.29 is 10.9 Å². The van der Waals surface area contributed by atoms with Gasteiger partial charge in [0.2, 0.25) is 0 Å². The SMILES string of the molecule is CC.CC.CCCCOCCCOCCCN.[HH]. The maximum absolute atomic E-state index is 5.38. The molecule has 3 heteroatoms. The molecule has 0 fully saturated rings. The molecule has 0 unspecified atom stereocenters. The fourth-order valence-corrected chi connectivity index (χ4v) is 0.899. The third kappa shape index (κ3) is 31.3. The summed E-state index contributed by atoms with van der Waals surface area (Å²) in [5.41, 5.74) is 5.32. The molecule has 3 nitrogen and oxygen atoms in total. The Morgan fingerprint density at radius 1 is 0.765 bits per heavy atom. The van der Waals surface area contributed by atoms with Crippen molar-refractivity contribution in [2.24, 2.45) is 5.73 Å². The highest BCUT2D eigenvalue weighted by atomic mass is 16.5. The van der Waals surface area contributed by atoms with Crippen molar-refractivity contribution in [3.05, 3.63) is 0 Å². The molecule has 0 aromatic heterocycles. The molecular weight excluding hydrogens is 214 g/mol. The zero-order valence-electron chi connectivity index (χ0n) is 12.8. The zero-order chi connectivity index (χ0) is 13.8. The molecule has 0 bridgehead atoms. The van der Waals surface area contributed by atoms with Crippen LogP contribution in [-0.2, 0) is 9.47 Å². The topological polar surface area (TPSA) is 44.5 Å². The second-order valence-corrected chi connectivity index (χ2v) is 3.07. The first-order chi connectivity index (χ1) is 8.41. The monoisotopic (exact) mass is 251 g/mol. The fraction of sp³-hybridized carbons (Fsp3) is 1.00. The summed E-state index contributed by atoms with van der Waals surface area (Å²) in [6, 6.07) is 0. The average molecular weight is 251 g/mol. The maximum atomic E-state index is 5.38. The lowest BCUT2D eigenvalue weighted by Crippen LogP contribution is -2.06. The van der Waals surface area contributed by atoms with E-state index in [1.807, 2.05) is 27.7 Å². The Balaban J connectivity index is -0.000000177. The van der Waals surface area contributed by atoms with Crippen molar-refractivity contribution in [1.29, 1.82) is 0 Å². The van der Waals surface area contributed by atoms with Gasteiger partial charge in [-0.3, -0.25) is 0 Å². The van der Waals surface area contributed by atoms with E-state index in [0.717, 1.165) is 45.7 Å². The average Bonchev–Trinajstić information content (AvgIpc) is 2.42. The molecule has 0 heterocycles. The molecule has 0 aliphatic rings. The molecule has 17 heavy (non-hydrogen) atoms. The van der Waals surface area contributed by atoms with Crippen molar-refractivity contribution in [3.63, 3.8) is 0 Å². The van der Waals surface area contributed by atoms with Gasteiger partial charge < -0.3 is 15.2 Å². The van der Waals surface area contributed by atoms with E-state index in [1.165, 1.54) is 6.42 Å². The van der Waals surface area contributed by atoms with Crippen LogP contribution in [-0.4, -0.2) is 33.0 Å². The van der Waals surface area contributed by atoms with Gasteiger partial charge in [0.25, 0.3) is 0 Å². The molecule has 0 aliphatic carbocycles. The molecule has 0 saturated heterocycles. The van der Waals surface area contributed by atoms with Crippen molar-refractivity contribution in [1.82, 2.24) is 0 Å². The Kier molecular flexibility index (Phi) is 38.6. The number of nitrogens with two attached hydrogens (primary N) is 1. The summed E-state index contributed by atoms with van der Waals surface area (Å²) < 4.78 is 10.7. The summed E-state index contributed by atoms with van der Waals surface area (Å²) in [6.07, 6.45) is 4.31. The van der Waals surface area contributed by atoms with E-state index >= 15 is 0 Å². The summed E-state index contributed by atoms with van der Waals surface area (Å²) in [6.45, 7) is 14.2. The normalized spacial score (nSPS) is 8.82. The standard InChI is InChI=1S/C10H23NO2.2C2H6.H2/c1-2-3-7-12-9-5-10-13-8-4-6-11;2*1-2;/h2-11H2,1H3;2*1-2H3;1H. The lowest BCUT2D eigenvalue weighted by atomic mass is 10.4. The van der Waals surface area contributed by atoms with Crippen molar-refractivity contribution in [2.75, 3.05) is 33.0 Å². The quantitative estimate of drug-likeness (QED) is 0.600. The number of hydrogen-bond donors (Lipinski definition) is 1. The third-order valence-corrected chi connectivity index (χ3v) is 1.71. The maximum Gasteiger partial charge on any atom is 0.0487 e. The van der Waals surface area contributed by atoms with E-state index in [0.29, 0.717) is 6.54 Å². The van der Waals surface area contributed by atoms with Crippen LogP contribution in [0.15, 0.2) is 0 Å². The minimum Gasteiger partial charge on any atom is -0.381 e. The molecule has 0 atom stereocenters. The van der Waals surface area contributed by atoms with Gasteiger partial charge in [0.15, 0.2) is 0 Å². The van der Waals surface area contributed by atoms with Gasteiger partial charge in [-0.05, 0) is 25.8 Å². The molecule has 0 rings (SSSR count). The Bertz CT molecular complexity index is 85.9. The van der Waals surface area contributed by atoms with Crippen LogP contribution in [0.3, 0.4) is 0 Å². The largest absolute Gasteiger partial charge is 0.381 e. The lowest BCUT2D eigenvalue weighted by molar-refractivity contribution is 0.0813. The van der Waals surface area contributed by atoms with Crippen molar-refractivity contribution in [2.45, 2.75) is 60.3 Å². The molecule has 0 aliphatic heterocycles. The van der Waals surface area contributed by atoms with E-state index in [4.69, 9.17) is 15.2 Å². The first-order valence-electron chi connectivity index (χ1n) is 7.27. The Morgan fingerprint density at radius 2 is 1.18 bits per heavy atom. The van der Waals surface area contributed by atoms with Gasteiger partial charge in [-0.1, -0.05) is 41.0 Å². The summed E-state index contributed by atoms with van der Waals surface area (Å²) in [5, 5.41) is 0. The molecule has 0 radical (unpaired) electrons. The second kappa shape index (κ2) is 29.7. The highest BCUT2D eigenvalue weighted by molar-refractivity contribution is 4.38. The molecule has 110 valence electrons. The molecule has 0 amide bonds. The smallest absolute Gasteiger partial charge is 0.0487 e. The van der Waals surface area contributed by atoms with E-state index in [2.05, 4.69) is 6.92 Å². The van der Waals surface area contributed by atoms with Gasteiger partial charge in [-0.15, -0.1) is 0 Å². The van der Waals surface area contributed by atoms with E-state index in [-0.39, 0.29) is 1.43 Å². The summed E-state index contributed by atoms with van der Waals surface area (Å²) >= 11 is 0. The van der Waals surface area contributed by atoms with Gasteiger partial charge in [-0.2, -0.15) is 0 Å². The first kappa shape index (κ1) is 22.1. The third-order valence-electron chi connectivity index (χ3n) is 1.71. The predicted molar refractivity (Wildman–Crippen MR) is 79.6 cm³/mol. The minimum absolute atomic E-state index is 0. The Hall–Kier alpha value is -0.120. The lowest BCUT2D eigenvalue weighted by Gasteiger charge is -2.04. The van der Waals surface area contributed by atoms with Crippen LogP contribution in [0.4, 0.5) is 0 Å². The van der Waals surface area contributed by atoms with Crippen molar-refractivity contribution in [3.8, 4) is 0 Å². The fourth-order valence-electron chi connectivity index (χ4n) is 0.899. The molecular formula is C14H37NO2. The van der Waals surface area contributed by atoms with E-state index in [1.54, 1.807) is 0 Å². The van der Waals surface area contributed by atoms with Crippen LogP contribution in [0.25, 0.3) is 0 Å². The van der Waals surface area contributed by atoms with Crippen LogP contribution in [0, 0.1) is 0 Å². The summed E-state index contributed by atoms with van der Waals surface area (Å²) in [7, 11) is 0. The number of ether oxygens (including phenoxy) is 2. The molecule has 0 aromatic rings. The van der Waals surface area contributed by atoms with Crippen LogP contribution < -0.4 is 5.73 Å². The van der Waals surface area contributed by atoms with Gasteiger partial charge in [0.1, 0.15) is 0 Å². The van der Waals surface area contributed by atoms with Gasteiger partial charge in [-0.25, -0.2) is 0 Å². The van der Waals surface area contributed by atoms with Gasteiger partial charge in [0.05, 0.1) is 0 Å². The highest BCUT2D eigenvalue weighted by Crippen LogP contribution is 1.90. The van der Waals surface area contributed by atoms with E-state index in [9.17, 15) is 0 Å². The first-order valence-corrected chi connectivity index (χ1v) is 7.27. The number of unbranched alkanes of at least 4 members (excludes halogenated alkanes) is 1. The van der Waals surface area contributed by atoms with Gasteiger partial charge >= 0.3 is 0 Å². The van der Waals surface area contributed by atoms with Gasteiger partial charge in [0, 0.05) is 27.9 Å². The van der Waals surface area contributed by atoms with E-state index < -0.39 is 0 Å². The zero-order valence-corrected chi connectivity index (χ0v) is 12.8. The predicted octanol–water partition coefficient (Wildman–Crippen LogP) is 3.86. The number of rotatable bonds is 10. The number of hydrogen-bond acceptors (Lipinski definition) is 3. The molecule has 0 saturated carbocycles. The van der Waals surface area contributed by atoms with Crippen LogP contribution in [0.5, 0.6) is 0 Å². The highest BCUT2D eigenvalue weighted by Gasteiger charge is 1.89. The molecule has 0 aromatic carbocycles. The second-order valence-electron chi connectivity index (χ2n) is 3.07. The summed E-state index contributed by atoms with van der Waals surface area (Å²) in [5.74, 6) is 0. The van der Waals surface area contributed by atoms with Crippen LogP contribution in [0.2, 0.25) is 0 Å². The minimum atomic E-state index is 0. The Labute approximate surface area is 111 Å². The molecule has 2 N–H and O–H groups in total. The van der Waals surface area contributed by atoms with Crippen LogP contribution >= 0.6 is 0 Å². The van der Waals surface area contributed by atoms with Crippen LogP contribution in [0.1, 0.15) is 61.7 Å².